The number of nitrogens with zero attached hydrogens (tertiary/aromatic N) is 4. The molecule has 7 aromatic rings. The first-order valence-electron chi connectivity index (χ1n) is 14.5. The Labute approximate surface area is 244 Å². The Morgan fingerprint density at radius 2 is 1.12 bits per heavy atom. The van der Waals surface area contributed by atoms with E-state index >= 15 is 0 Å². The second-order valence-corrected chi connectivity index (χ2v) is 10.8. The molecule has 2 aromatic heterocycles. The standard InChI is InChI=1S/C38H28N4/c1-4-12-26-20-21-30(24-29(26)17-9-1)31-22-23-33-32-18-10-11-19-34(32)42(35(33)25-31)38-40-36(27-13-5-2-6-14-27)39-37(41-38)28-15-7-3-8-16-28/h1-8,10-11,13-16,18-25H,9,12,17H2. The number of hydrogen-bond acceptors (Lipinski definition) is 3. The normalized spacial score (nSPS) is 12.9. The molecule has 0 saturated carbocycles. The quantitative estimate of drug-likeness (QED) is 0.209. The molecule has 0 amide bonds. The minimum Gasteiger partial charge on any atom is -0.278 e. The fourth-order valence-corrected chi connectivity index (χ4v) is 6.07. The van der Waals surface area contributed by atoms with Gasteiger partial charge in [-0.05, 0) is 53.6 Å². The number of rotatable bonds is 4. The van der Waals surface area contributed by atoms with E-state index in [0.717, 1.165) is 41.4 Å². The maximum absolute atomic E-state index is 5.08. The predicted octanol–water partition coefficient (Wildman–Crippen LogP) is 9.01. The Balaban J connectivity index is 1.37. The molecule has 4 nitrogen and oxygen atoms in total. The highest BCUT2D eigenvalue weighted by Gasteiger charge is 2.18. The fourth-order valence-electron chi connectivity index (χ4n) is 6.07. The first-order valence-corrected chi connectivity index (χ1v) is 14.5. The number of allylic oxidation sites excluding steroid dienone is 2. The van der Waals surface area contributed by atoms with E-state index in [0.29, 0.717) is 17.6 Å². The van der Waals surface area contributed by atoms with Crippen molar-refractivity contribution in [1.82, 2.24) is 19.5 Å². The van der Waals surface area contributed by atoms with Gasteiger partial charge < -0.3 is 0 Å². The van der Waals surface area contributed by atoms with Crippen molar-refractivity contribution < 1.29 is 0 Å². The molecular formula is C38H28N4. The van der Waals surface area contributed by atoms with E-state index in [9.17, 15) is 0 Å². The van der Waals surface area contributed by atoms with Gasteiger partial charge >= 0.3 is 0 Å². The third kappa shape index (κ3) is 4.29. The molecule has 0 radical (unpaired) electrons. The van der Waals surface area contributed by atoms with Gasteiger partial charge in [0.1, 0.15) is 0 Å². The summed E-state index contributed by atoms with van der Waals surface area (Å²) < 4.78 is 2.20. The van der Waals surface area contributed by atoms with Crippen LogP contribution in [-0.4, -0.2) is 19.5 Å². The minimum atomic E-state index is 0.610. The molecule has 1 aliphatic carbocycles. The molecule has 0 N–H and O–H groups in total. The lowest BCUT2D eigenvalue weighted by Gasteiger charge is -2.12. The summed E-state index contributed by atoms with van der Waals surface area (Å²) in [4.78, 5) is 15.1. The van der Waals surface area contributed by atoms with Crippen LogP contribution in [0.25, 0.3) is 61.7 Å². The highest BCUT2D eigenvalue weighted by molar-refractivity contribution is 6.10. The monoisotopic (exact) mass is 540 g/mol. The fraction of sp³-hybridized carbons (Fsp3) is 0.0789. The molecule has 0 unspecified atom stereocenters. The molecule has 0 saturated heterocycles. The van der Waals surface area contributed by atoms with E-state index in [1.54, 1.807) is 0 Å². The molecule has 1 aliphatic rings. The van der Waals surface area contributed by atoms with Crippen LogP contribution in [-0.2, 0) is 12.8 Å². The van der Waals surface area contributed by atoms with Gasteiger partial charge in [-0.1, -0.05) is 121 Å². The van der Waals surface area contributed by atoms with Crippen LogP contribution in [0.5, 0.6) is 0 Å². The van der Waals surface area contributed by atoms with E-state index in [1.807, 2.05) is 60.7 Å². The van der Waals surface area contributed by atoms with Gasteiger partial charge in [-0.25, -0.2) is 4.98 Å². The van der Waals surface area contributed by atoms with E-state index < -0.39 is 0 Å². The summed E-state index contributed by atoms with van der Waals surface area (Å²) in [5, 5.41) is 2.35. The first-order chi connectivity index (χ1) is 20.8. The van der Waals surface area contributed by atoms with Gasteiger partial charge in [0, 0.05) is 21.9 Å². The maximum atomic E-state index is 5.08. The lowest BCUT2D eigenvalue weighted by Crippen LogP contribution is -2.06. The zero-order chi connectivity index (χ0) is 27.9. The van der Waals surface area contributed by atoms with Crippen LogP contribution in [0.3, 0.4) is 0 Å². The number of benzene rings is 5. The molecule has 5 aromatic carbocycles. The highest BCUT2D eigenvalue weighted by atomic mass is 15.2. The van der Waals surface area contributed by atoms with Crippen LogP contribution in [0, 0.1) is 0 Å². The summed E-state index contributed by atoms with van der Waals surface area (Å²) in [6.07, 6.45) is 7.77. The van der Waals surface area contributed by atoms with E-state index in [1.165, 1.54) is 33.0 Å². The summed E-state index contributed by atoms with van der Waals surface area (Å²) in [6, 6.07) is 42.5. The van der Waals surface area contributed by atoms with Crippen molar-refractivity contribution in [2.75, 3.05) is 0 Å². The summed E-state index contributed by atoms with van der Waals surface area (Å²) in [7, 11) is 0. The first kappa shape index (κ1) is 24.4. The molecule has 0 aliphatic heterocycles. The van der Waals surface area contributed by atoms with Crippen molar-refractivity contribution in [3.05, 3.63) is 145 Å². The molecule has 200 valence electrons. The summed E-state index contributed by atoms with van der Waals surface area (Å²) in [5.74, 6) is 1.92. The van der Waals surface area contributed by atoms with Gasteiger partial charge in [-0.15, -0.1) is 0 Å². The van der Waals surface area contributed by atoms with Gasteiger partial charge in [-0.2, -0.15) is 9.97 Å². The highest BCUT2D eigenvalue weighted by Crippen LogP contribution is 2.35. The second-order valence-electron chi connectivity index (χ2n) is 10.8. The third-order valence-corrected chi connectivity index (χ3v) is 8.19. The largest absolute Gasteiger partial charge is 0.278 e. The smallest absolute Gasteiger partial charge is 0.238 e. The van der Waals surface area contributed by atoms with Crippen molar-refractivity contribution >= 4 is 21.8 Å². The Bertz CT molecular complexity index is 2050. The summed E-state index contributed by atoms with van der Waals surface area (Å²) in [5.41, 5.74) is 9.35. The van der Waals surface area contributed by atoms with Gasteiger partial charge in [-0.3, -0.25) is 4.57 Å². The van der Waals surface area contributed by atoms with Crippen LogP contribution in [0.2, 0.25) is 0 Å². The Morgan fingerprint density at radius 3 is 1.88 bits per heavy atom. The lowest BCUT2D eigenvalue weighted by molar-refractivity contribution is 0.953. The Hall–Kier alpha value is -5.35. The zero-order valence-electron chi connectivity index (χ0n) is 23.1. The molecule has 4 heteroatoms. The maximum Gasteiger partial charge on any atom is 0.238 e. The Morgan fingerprint density at radius 1 is 0.476 bits per heavy atom. The van der Waals surface area contributed by atoms with Crippen LogP contribution >= 0.6 is 0 Å². The van der Waals surface area contributed by atoms with Crippen LogP contribution in [0.15, 0.2) is 133 Å². The van der Waals surface area contributed by atoms with Crippen molar-refractivity contribution in [3.63, 3.8) is 0 Å². The molecule has 42 heavy (non-hydrogen) atoms. The number of para-hydroxylation sites is 1. The molecule has 0 atom stereocenters. The predicted molar refractivity (Wildman–Crippen MR) is 172 cm³/mol. The van der Waals surface area contributed by atoms with Gasteiger partial charge in [0.15, 0.2) is 11.6 Å². The average Bonchev–Trinajstić information content (AvgIpc) is 3.20. The molecule has 0 spiro atoms. The number of aromatic nitrogens is 4. The van der Waals surface area contributed by atoms with Crippen molar-refractivity contribution in [2.24, 2.45) is 0 Å². The molecule has 8 rings (SSSR count). The molecule has 2 heterocycles. The number of aryl methyl sites for hydroxylation is 1. The second kappa shape index (κ2) is 10.2. The molecule has 0 fully saturated rings. The zero-order valence-corrected chi connectivity index (χ0v) is 23.1. The van der Waals surface area contributed by atoms with Crippen LogP contribution < -0.4 is 0 Å². The molecule has 0 bridgehead atoms. The molecular weight excluding hydrogens is 512 g/mol. The SMILES string of the molecule is C1=CCc2ccc(-c3ccc4c5ccccc5n(-c5nc(-c6ccccc6)nc(-c6ccccc6)n5)c4c3)cc2CC1. The average molecular weight is 541 g/mol. The van der Waals surface area contributed by atoms with Crippen molar-refractivity contribution in [1.29, 1.82) is 0 Å². The number of fused-ring (bicyclic) bond motifs is 4. The van der Waals surface area contributed by atoms with Crippen molar-refractivity contribution in [2.45, 2.75) is 19.3 Å². The van der Waals surface area contributed by atoms with E-state index in [-0.39, 0.29) is 0 Å². The summed E-state index contributed by atoms with van der Waals surface area (Å²) in [6.45, 7) is 0. The van der Waals surface area contributed by atoms with Crippen LogP contribution in [0.4, 0.5) is 0 Å². The van der Waals surface area contributed by atoms with Gasteiger partial charge in [0.05, 0.1) is 11.0 Å². The lowest BCUT2D eigenvalue weighted by atomic mass is 9.96. The van der Waals surface area contributed by atoms with Crippen molar-refractivity contribution in [3.8, 4) is 39.9 Å². The minimum absolute atomic E-state index is 0.610. The third-order valence-electron chi connectivity index (χ3n) is 8.19. The van der Waals surface area contributed by atoms with Gasteiger partial charge in [0.25, 0.3) is 0 Å². The number of hydrogen-bond donors (Lipinski definition) is 0. The van der Waals surface area contributed by atoms with E-state index in [4.69, 9.17) is 15.0 Å². The Kier molecular flexibility index (Phi) is 5.96. The van der Waals surface area contributed by atoms with Gasteiger partial charge in [0.2, 0.25) is 5.95 Å². The van der Waals surface area contributed by atoms with E-state index in [2.05, 4.69) is 77.4 Å². The topological polar surface area (TPSA) is 43.6 Å². The summed E-state index contributed by atoms with van der Waals surface area (Å²) >= 11 is 0. The van der Waals surface area contributed by atoms with Crippen LogP contribution in [0.1, 0.15) is 17.5 Å².